The molecule has 3 rings (SSSR count). The van der Waals surface area contributed by atoms with E-state index in [1.807, 2.05) is 54.6 Å². The Hall–Kier alpha value is -2.26. The van der Waals surface area contributed by atoms with Crippen LogP contribution in [0.15, 0.2) is 72.6 Å². The monoisotopic (exact) mass is 522 g/mol. The molecule has 3 heteroatoms. The molecule has 0 N–H and O–H groups in total. The molecule has 38 heavy (non-hydrogen) atoms. The highest BCUT2D eigenvalue weighted by Gasteiger charge is 2.44. The second kappa shape index (κ2) is 16.6. The fraction of sp³-hybridized carbons (Fsp3) is 0.543. The van der Waals surface area contributed by atoms with Crippen LogP contribution in [0, 0.1) is 0 Å². The molecule has 0 spiro atoms. The SMILES string of the molecule is CCCCCCCCCCCCC1(OCCCCC)C=CC(c2ccc(-c3ccccc3)cc2)=C(F)C1F. The summed E-state index contributed by atoms with van der Waals surface area (Å²) < 4.78 is 37.6. The van der Waals surface area contributed by atoms with E-state index in [-0.39, 0.29) is 0 Å². The second-order valence-electron chi connectivity index (χ2n) is 10.8. The molecule has 2 unspecified atom stereocenters. The minimum absolute atomic E-state index is 0.327. The molecule has 0 bridgehead atoms. The van der Waals surface area contributed by atoms with Crippen molar-refractivity contribution in [3.63, 3.8) is 0 Å². The van der Waals surface area contributed by atoms with E-state index in [1.54, 1.807) is 12.2 Å². The highest BCUT2D eigenvalue weighted by atomic mass is 19.2. The van der Waals surface area contributed by atoms with Crippen LogP contribution in [0.4, 0.5) is 8.78 Å². The van der Waals surface area contributed by atoms with Gasteiger partial charge in [-0.25, -0.2) is 8.78 Å². The number of halogens is 2. The van der Waals surface area contributed by atoms with Crippen molar-refractivity contribution >= 4 is 5.57 Å². The van der Waals surface area contributed by atoms with Gasteiger partial charge in [-0.2, -0.15) is 0 Å². The van der Waals surface area contributed by atoms with Crippen LogP contribution in [-0.4, -0.2) is 18.4 Å². The molecule has 0 fully saturated rings. The number of unbranched alkanes of at least 4 members (excludes halogenated alkanes) is 11. The number of hydrogen-bond donors (Lipinski definition) is 0. The Morgan fingerprint density at radius 3 is 1.82 bits per heavy atom. The average molecular weight is 523 g/mol. The van der Waals surface area contributed by atoms with Crippen molar-refractivity contribution in [3.05, 3.63) is 78.1 Å². The lowest BCUT2D eigenvalue weighted by Gasteiger charge is -2.36. The Labute approximate surface area is 230 Å². The summed E-state index contributed by atoms with van der Waals surface area (Å²) in [5.41, 5.74) is 1.98. The summed E-state index contributed by atoms with van der Waals surface area (Å²) in [6.07, 6.45) is 17.4. The maximum atomic E-state index is 15.9. The maximum Gasteiger partial charge on any atom is 0.184 e. The first-order valence-corrected chi connectivity index (χ1v) is 15.1. The number of hydrogen-bond acceptors (Lipinski definition) is 1. The van der Waals surface area contributed by atoms with Gasteiger partial charge in [-0.15, -0.1) is 0 Å². The van der Waals surface area contributed by atoms with Crippen molar-refractivity contribution in [2.45, 2.75) is 116 Å². The van der Waals surface area contributed by atoms with Crippen molar-refractivity contribution in [2.75, 3.05) is 6.61 Å². The van der Waals surface area contributed by atoms with Crippen LogP contribution in [0.25, 0.3) is 16.7 Å². The van der Waals surface area contributed by atoms with Gasteiger partial charge in [0.2, 0.25) is 0 Å². The molecule has 0 aromatic heterocycles. The minimum atomic E-state index is -1.78. The van der Waals surface area contributed by atoms with Crippen LogP contribution in [0.5, 0.6) is 0 Å². The molecular formula is C35H48F2O. The van der Waals surface area contributed by atoms with Gasteiger partial charge in [-0.1, -0.05) is 152 Å². The van der Waals surface area contributed by atoms with Crippen LogP contribution in [-0.2, 0) is 4.74 Å². The summed E-state index contributed by atoms with van der Waals surface area (Å²) in [6.45, 7) is 4.84. The van der Waals surface area contributed by atoms with Gasteiger partial charge in [0.1, 0.15) is 11.4 Å². The molecule has 0 saturated carbocycles. The van der Waals surface area contributed by atoms with Gasteiger partial charge in [-0.3, -0.25) is 0 Å². The van der Waals surface area contributed by atoms with E-state index in [9.17, 15) is 0 Å². The van der Waals surface area contributed by atoms with Crippen molar-refractivity contribution < 1.29 is 13.5 Å². The molecule has 208 valence electrons. The van der Waals surface area contributed by atoms with E-state index in [0.717, 1.165) is 49.7 Å². The predicted molar refractivity (Wildman–Crippen MR) is 159 cm³/mol. The van der Waals surface area contributed by atoms with Gasteiger partial charge in [0.05, 0.1) is 0 Å². The topological polar surface area (TPSA) is 9.23 Å². The lowest BCUT2D eigenvalue weighted by molar-refractivity contribution is -0.0651. The Kier molecular flexibility index (Phi) is 13.3. The molecule has 1 aliphatic rings. The van der Waals surface area contributed by atoms with Crippen LogP contribution in [0.2, 0.25) is 0 Å². The maximum absolute atomic E-state index is 15.9. The van der Waals surface area contributed by atoms with E-state index in [1.165, 1.54) is 44.9 Å². The summed E-state index contributed by atoms with van der Waals surface area (Å²) in [4.78, 5) is 0. The van der Waals surface area contributed by atoms with Crippen molar-refractivity contribution in [1.82, 2.24) is 0 Å². The summed E-state index contributed by atoms with van der Waals surface area (Å²) in [5, 5.41) is 0. The third-order valence-corrected chi connectivity index (χ3v) is 7.78. The summed E-state index contributed by atoms with van der Waals surface area (Å²) >= 11 is 0. The average Bonchev–Trinajstić information content (AvgIpc) is 2.95. The Bertz CT molecular complexity index is 979. The third-order valence-electron chi connectivity index (χ3n) is 7.78. The Balaban J connectivity index is 1.60. The van der Waals surface area contributed by atoms with Gasteiger partial charge in [0.15, 0.2) is 6.17 Å². The van der Waals surface area contributed by atoms with E-state index >= 15 is 8.78 Å². The zero-order chi connectivity index (χ0) is 27.1. The quantitative estimate of drug-likeness (QED) is 0.177. The fourth-order valence-corrected chi connectivity index (χ4v) is 5.35. The molecule has 1 nitrogen and oxygen atoms in total. The van der Waals surface area contributed by atoms with Crippen LogP contribution in [0.1, 0.15) is 109 Å². The first-order chi connectivity index (χ1) is 18.6. The lowest BCUT2D eigenvalue weighted by Crippen LogP contribution is -2.43. The second-order valence-corrected chi connectivity index (χ2v) is 10.8. The molecule has 0 heterocycles. The molecule has 1 aliphatic carbocycles. The number of allylic oxidation sites excluding steroid dienone is 2. The largest absolute Gasteiger partial charge is 0.367 e. The number of alkyl halides is 1. The molecule has 2 atom stereocenters. The molecule has 0 radical (unpaired) electrons. The first-order valence-electron chi connectivity index (χ1n) is 15.1. The van der Waals surface area contributed by atoms with Gasteiger partial charge in [-0.05, 0) is 35.6 Å². The molecule has 2 aromatic rings. The number of benzene rings is 2. The van der Waals surface area contributed by atoms with Crippen molar-refractivity contribution in [3.8, 4) is 11.1 Å². The van der Waals surface area contributed by atoms with Crippen LogP contribution >= 0.6 is 0 Å². The molecular weight excluding hydrogens is 474 g/mol. The van der Waals surface area contributed by atoms with Crippen molar-refractivity contribution in [2.24, 2.45) is 0 Å². The minimum Gasteiger partial charge on any atom is -0.367 e. The Morgan fingerprint density at radius 1 is 0.658 bits per heavy atom. The van der Waals surface area contributed by atoms with Gasteiger partial charge < -0.3 is 4.74 Å². The van der Waals surface area contributed by atoms with Crippen molar-refractivity contribution in [1.29, 1.82) is 0 Å². The third kappa shape index (κ3) is 8.90. The smallest absolute Gasteiger partial charge is 0.184 e. The van der Waals surface area contributed by atoms with E-state index < -0.39 is 17.6 Å². The van der Waals surface area contributed by atoms with Gasteiger partial charge >= 0.3 is 0 Å². The molecule has 0 saturated heterocycles. The van der Waals surface area contributed by atoms with Gasteiger partial charge in [0, 0.05) is 12.2 Å². The molecule has 0 amide bonds. The standard InChI is InChI=1S/C35H48F2O/c1-3-5-7-8-9-10-11-12-13-17-26-35(38-28-18-6-4-2)27-25-32(33(36)34(35)37)31-23-21-30(22-24-31)29-19-15-14-16-20-29/h14-16,19-25,27,34H,3-13,17-18,26,28H2,1-2H3. The van der Waals surface area contributed by atoms with Crippen LogP contribution in [0.3, 0.4) is 0 Å². The summed E-state index contributed by atoms with van der Waals surface area (Å²) in [5.74, 6) is -0.706. The zero-order valence-corrected chi connectivity index (χ0v) is 23.7. The zero-order valence-electron chi connectivity index (χ0n) is 23.7. The summed E-state index contributed by atoms with van der Waals surface area (Å²) in [7, 11) is 0. The fourth-order valence-electron chi connectivity index (χ4n) is 5.35. The Morgan fingerprint density at radius 2 is 1.18 bits per heavy atom. The van der Waals surface area contributed by atoms with E-state index in [4.69, 9.17) is 4.74 Å². The van der Waals surface area contributed by atoms with Crippen LogP contribution < -0.4 is 0 Å². The predicted octanol–water partition coefficient (Wildman–Crippen LogP) is 11.2. The number of rotatable bonds is 18. The normalized spacial score (nSPS) is 19.3. The summed E-state index contributed by atoms with van der Waals surface area (Å²) in [6, 6.07) is 17.8. The molecule has 0 aliphatic heterocycles. The van der Waals surface area contributed by atoms with Gasteiger partial charge in [0.25, 0.3) is 0 Å². The van der Waals surface area contributed by atoms with E-state index in [2.05, 4.69) is 13.8 Å². The highest BCUT2D eigenvalue weighted by molar-refractivity contribution is 5.79. The van der Waals surface area contributed by atoms with E-state index in [0.29, 0.717) is 24.2 Å². The lowest BCUT2D eigenvalue weighted by atomic mass is 9.82. The highest BCUT2D eigenvalue weighted by Crippen LogP contribution is 2.41. The molecule has 2 aromatic carbocycles. The first kappa shape index (κ1) is 30.3. The number of ether oxygens (including phenoxy) is 1.